The fourth-order valence-corrected chi connectivity index (χ4v) is 7.61. The number of carbonyl (C=O) groups is 1. The largest absolute Gasteiger partial charge is 0.455 e. The van der Waals surface area contributed by atoms with E-state index in [1.807, 2.05) is 36.5 Å². The van der Waals surface area contributed by atoms with Gasteiger partial charge in [0.05, 0.1) is 39.8 Å². The molecule has 4 saturated carbocycles. The van der Waals surface area contributed by atoms with Crippen LogP contribution >= 0.6 is 0 Å². The number of nitrogens with zero attached hydrogens (tertiary/aromatic N) is 4. The molecule has 4 aliphatic rings. The van der Waals surface area contributed by atoms with Crippen LogP contribution in [0.5, 0.6) is 11.5 Å². The zero-order chi connectivity index (χ0) is 27.3. The predicted molar refractivity (Wildman–Crippen MR) is 149 cm³/mol. The lowest BCUT2D eigenvalue weighted by Crippen LogP contribution is -2.49. The van der Waals surface area contributed by atoms with Crippen LogP contribution in [-0.2, 0) is 5.41 Å². The van der Waals surface area contributed by atoms with Gasteiger partial charge in [-0.1, -0.05) is 18.2 Å². The molecule has 9 nitrogen and oxygen atoms in total. The van der Waals surface area contributed by atoms with Gasteiger partial charge in [-0.2, -0.15) is 5.10 Å². The molecule has 0 saturated heterocycles. The number of amides is 1. The van der Waals surface area contributed by atoms with Gasteiger partial charge in [0.15, 0.2) is 0 Å². The quantitative estimate of drug-likeness (QED) is 0.208. The Morgan fingerprint density at radius 2 is 1.70 bits per heavy atom. The molecular formula is C31H29N5O4. The summed E-state index contributed by atoms with van der Waals surface area (Å²) in [6.45, 7) is 0. The van der Waals surface area contributed by atoms with Gasteiger partial charge in [-0.05, 0) is 80.5 Å². The summed E-state index contributed by atoms with van der Waals surface area (Å²) in [4.78, 5) is 29.2. The third-order valence-corrected chi connectivity index (χ3v) is 8.75. The molecule has 1 amide bonds. The van der Waals surface area contributed by atoms with Gasteiger partial charge in [-0.15, -0.1) is 0 Å². The Labute approximate surface area is 231 Å². The van der Waals surface area contributed by atoms with Crippen LogP contribution in [0.25, 0.3) is 5.69 Å². The van der Waals surface area contributed by atoms with E-state index in [4.69, 9.17) is 9.84 Å². The predicted octanol–water partition coefficient (Wildman–Crippen LogP) is 6.69. The minimum Gasteiger partial charge on any atom is -0.455 e. The summed E-state index contributed by atoms with van der Waals surface area (Å²) in [5.41, 5.74) is 2.24. The monoisotopic (exact) mass is 535 g/mol. The van der Waals surface area contributed by atoms with Crippen molar-refractivity contribution in [2.75, 3.05) is 5.32 Å². The molecule has 0 unspecified atom stereocenters. The van der Waals surface area contributed by atoms with Crippen molar-refractivity contribution in [1.29, 1.82) is 0 Å². The van der Waals surface area contributed by atoms with E-state index in [0.29, 0.717) is 29.1 Å². The molecule has 9 heteroatoms. The Bertz CT molecular complexity index is 1550. The Hall–Kier alpha value is -4.53. The maximum Gasteiger partial charge on any atom is 0.275 e. The first kappa shape index (κ1) is 24.5. The Morgan fingerprint density at radius 3 is 2.35 bits per heavy atom. The number of anilines is 1. The van der Waals surface area contributed by atoms with Gasteiger partial charge >= 0.3 is 0 Å². The standard InChI is InChI=1S/C31H29N5O4/c37-30(33-23-12-25(36(38)39)14-27(13-23)40-26-7-4-8-32-18-26)28-19-35(24-5-2-1-3-6-24)34-29(28)31-15-20-9-21(16-31)11-22(10-20)17-31/h1-8,12-14,18-22H,9-11,15-17H2,(H,33,37). The van der Waals surface area contributed by atoms with Gasteiger partial charge in [0, 0.05) is 29.9 Å². The van der Waals surface area contributed by atoms with Crippen LogP contribution in [0.15, 0.2) is 79.3 Å². The first-order valence-corrected chi connectivity index (χ1v) is 13.8. The number of benzene rings is 2. The van der Waals surface area contributed by atoms with Crippen LogP contribution < -0.4 is 10.1 Å². The number of nitro groups is 1. The molecule has 40 heavy (non-hydrogen) atoms. The maximum absolute atomic E-state index is 13.9. The lowest BCUT2D eigenvalue weighted by Gasteiger charge is -2.56. The topological polar surface area (TPSA) is 112 Å². The van der Waals surface area contributed by atoms with Gasteiger partial charge in [0.2, 0.25) is 0 Å². The van der Waals surface area contributed by atoms with Crippen molar-refractivity contribution >= 4 is 17.3 Å². The molecule has 0 radical (unpaired) electrons. The number of non-ortho nitro benzene ring substituents is 1. The average Bonchev–Trinajstić information content (AvgIpc) is 3.40. The van der Waals surface area contributed by atoms with Gasteiger partial charge < -0.3 is 10.1 Å². The second kappa shape index (κ2) is 9.59. The second-order valence-electron chi connectivity index (χ2n) is 11.6. The zero-order valence-electron chi connectivity index (χ0n) is 21.9. The molecule has 4 aliphatic carbocycles. The fraction of sp³-hybridized carbons (Fsp3) is 0.323. The van der Waals surface area contributed by atoms with E-state index in [2.05, 4.69) is 10.3 Å². The van der Waals surface area contributed by atoms with E-state index in [-0.39, 0.29) is 28.4 Å². The summed E-state index contributed by atoms with van der Waals surface area (Å²) >= 11 is 0. The van der Waals surface area contributed by atoms with Crippen LogP contribution in [-0.4, -0.2) is 25.6 Å². The molecule has 4 fully saturated rings. The average molecular weight is 536 g/mol. The molecule has 2 aromatic heterocycles. The van der Waals surface area contributed by atoms with Crippen molar-refractivity contribution in [3.63, 3.8) is 0 Å². The van der Waals surface area contributed by atoms with E-state index in [9.17, 15) is 14.9 Å². The number of hydrogen-bond donors (Lipinski definition) is 1. The van der Waals surface area contributed by atoms with Crippen molar-refractivity contribution < 1.29 is 14.5 Å². The lowest BCUT2D eigenvalue weighted by atomic mass is 9.48. The fourth-order valence-electron chi connectivity index (χ4n) is 7.61. The minimum atomic E-state index is -0.500. The van der Waals surface area contributed by atoms with E-state index >= 15 is 0 Å². The molecule has 2 aromatic carbocycles. The normalized spacial score (nSPS) is 24.6. The first-order chi connectivity index (χ1) is 19.4. The zero-order valence-corrected chi connectivity index (χ0v) is 21.9. The summed E-state index contributed by atoms with van der Waals surface area (Å²) in [7, 11) is 0. The highest BCUT2D eigenvalue weighted by Crippen LogP contribution is 2.61. The van der Waals surface area contributed by atoms with Gasteiger partial charge in [0.1, 0.15) is 11.5 Å². The minimum absolute atomic E-state index is 0.112. The molecular weight excluding hydrogens is 506 g/mol. The number of hydrogen-bond acceptors (Lipinski definition) is 6. The van der Waals surface area contributed by atoms with Crippen LogP contribution in [0.3, 0.4) is 0 Å². The van der Waals surface area contributed by atoms with E-state index in [1.165, 1.54) is 37.6 Å². The Balaban J connectivity index is 1.26. The second-order valence-corrected chi connectivity index (χ2v) is 11.6. The molecule has 0 aliphatic heterocycles. The summed E-state index contributed by atoms with van der Waals surface area (Å²) in [5, 5.41) is 19.7. The smallest absolute Gasteiger partial charge is 0.275 e. The highest BCUT2D eigenvalue weighted by molar-refractivity contribution is 6.05. The number of nitro benzene ring substituents is 1. The van der Waals surface area contributed by atoms with Crippen LogP contribution in [0.2, 0.25) is 0 Å². The molecule has 4 bridgehead atoms. The maximum atomic E-state index is 13.9. The summed E-state index contributed by atoms with van der Waals surface area (Å²) in [6, 6.07) is 17.5. The molecule has 2 heterocycles. The molecule has 1 N–H and O–H groups in total. The van der Waals surface area contributed by atoms with Crippen LogP contribution in [0, 0.1) is 27.9 Å². The van der Waals surface area contributed by atoms with Crippen molar-refractivity contribution in [2.45, 2.75) is 43.9 Å². The molecule has 8 rings (SSSR count). The molecule has 0 atom stereocenters. The number of para-hydroxylation sites is 1. The van der Waals surface area contributed by atoms with E-state index in [1.54, 1.807) is 29.1 Å². The van der Waals surface area contributed by atoms with Crippen molar-refractivity contribution in [3.8, 4) is 17.2 Å². The number of ether oxygens (including phenoxy) is 1. The van der Waals surface area contributed by atoms with Crippen molar-refractivity contribution in [1.82, 2.24) is 14.8 Å². The molecule has 0 spiro atoms. The van der Waals surface area contributed by atoms with Gasteiger partial charge in [0.25, 0.3) is 11.6 Å². The molecule has 202 valence electrons. The third kappa shape index (κ3) is 4.51. The lowest BCUT2D eigenvalue weighted by molar-refractivity contribution is -0.384. The summed E-state index contributed by atoms with van der Waals surface area (Å²) in [5.74, 6) is 2.40. The SMILES string of the molecule is O=C(Nc1cc(Oc2cccnc2)cc([N+](=O)[O-])c1)c1cn(-c2ccccc2)nc1C12CC3CC(CC(C3)C1)C2. The van der Waals surface area contributed by atoms with Crippen LogP contribution in [0.4, 0.5) is 11.4 Å². The number of nitrogens with one attached hydrogen (secondary N) is 1. The molecule has 4 aromatic rings. The number of aromatic nitrogens is 3. The number of rotatable bonds is 7. The van der Waals surface area contributed by atoms with Crippen molar-refractivity contribution in [2.24, 2.45) is 17.8 Å². The van der Waals surface area contributed by atoms with E-state index < -0.39 is 4.92 Å². The Kier molecular flexibility index (Phi) is 5.87. The highest BCUT2D eigenvalue weighted by Gasteiger charge is 2.54. The third-order valence-electron chi connectivity index (χ3n) is 8.75. The van der Waals surface area contributed by atoms with E-state index in [0.717, 1.165) is 30.6 Å². The summed E-state index contributed by atoms with van der Waals surface area (Å²) < 4.78 is 7.61. The van der Waals surface area contributed by atoms with Gasteiger partial charge in [-0.3, -0.25) is 19.9 Å². The highest BCUT2D eigenvalue weighted by atomic mass is 16.6. The van der Waals surface area contributed by atoms with Gasteiger partial charge in [-0.25, -0.2) is 4.68 Å². The summed E-state index contributed by atoms with van der Waals surface area (Å²) in [6.07, 6.45) is 12.0. The number of pyridine rings is 1. The number of carbonyl (C=O) groups excluding carboxylic acids is 1. The first-order valence-electron chi connectivity index (χ1n) is 13.8. The Morgan fingerprint density at radius 1 is 0.975 bits per heavy atom. The van der Waals surface area contributed by atoms with Crippen LogP contribution in [0.1, 0.15) is 54.6 Å². The van der Waals surface area contributed by atoms with Crippen molar-refractivity contribution in [3.05, 3.63) is 101 Å².